The lowest BCUT2D eigenvalue weighted by atomic mass is 10.2. The molecule has 0 amide bonds. The van der Waals surface area contributed by atoms with Crippen molar-refractivity contribution in [3.8, 4) is 17.2 Å². The van der Waals surface area contributed by atoms with Crippen LogP contribution in [0.25, 0.3) is 0 Å². The minimum atomic E-state index is -4.41. The van der Waals surface area contributed by atoms with Crippen molar-refractivity contribution in [3.05, 3.63) is 57.6 Å². The average molecular weight is 459 g/mol. The average Bonchev–Trinajstić information content (AvgIpc) is 3.22. The minimum Gasteiger partial charge on any atom is -0.506 e. The van der Waals surface area contributed by atoms with Crippen molar-refractivity contribution >= 4 is 38.8 Å². The molecule has 154 valence electrons. The smallest absolute Gasteiger partial charge is 0.268 e. The molecule has 1 N–H and O–H groups in total. The summed E-state index contributed by atoms with van der Waals surface area (Å²) >= 11 is 7.00. The quantitative estimate of drug-likeness (QED) is 0.574. The fourth-order valence-electron chi connectivity index (χ4n) is 2.59. The predicted octanol–water partition coefficient (Wildman–Crippen LogP) is 4.05. The second kappa shape index (κ2) is 8.44. The SMILES string of the molecule is COc1ccc(CN(c2cscn2)S(=O)(=O)c2cc(Cl)c(O)cc2F)c(OC)c1. The first-order chi connectivity index (χ1) is 13.8. The Bertz CT molecular complexity index is 1120. The number of halogens is 2. The lowest BCUT2D eigenvalue weighted by Crippen LogP contribution is -2.31. The largest absolute Gasteiger partial charge is 0.506 e. The first-order valence-electron chi connectivity index (χ1n) is 8.07. The van der Waals surface area contributed by atoms with Gasteiger partial charge < -0.3 is 14.6 Å². The van der Waals surface area contributed by atoms with Crippen LogP contribution in [-0.4, -0.2) is 32.7 Å². The molecule has 0 unspecified atom stereocenters. The number of aromatic nitrogens is 1. The molecule has 1 aromatic heterocycles. The number of anilines is 1. The van der Waals surface area contributed by atoms with Crippen molar-refractivity contribution in [1.82, 2.24) is 4.98 Å². The number of hydrogen-bond acceptors (Lipinski definition) is 7. The van der Waals surface area contributed by atoms with Gasteiger partial charge in [0.25, 0.3) is 10.0 Å². The molecule has 0 saturated carbocycles. The van der Waals surface area contributed by atoms with Gasteiger partial charge in [0.1, 0.15) is 28.0 Å². The van der Waals surface area contributed by atoms with E-state index in [0.29, 0.717) is 23.1 Å². The number of hydrogen-bond donors (Lipinski definition) is 1. The van der Waals surface area contributed by atoms with E-state index in [4.69, 9.17) is 21.1 Å². The van der Waals surface area contributed by atoms with Gasteiger partial charge in [0, 0.05) is 23.1 Å². The Labute approximate surface area is 176 Å². The molecule has 0 spiro atoms. The van der Waals surface area contributed by atoms with Crippen LogP contribution < -0.4 is 13.8 Å². The Morgan fingerprint density at radius 1 is 1.24 bits per heavy atom. The Hall–Kier alpha value is -2.56. The number of thiazole rings is 1. The van der Waals surface area contributed by atoms with Gasteiger partial charge in [-0.2, -0.15) is 0 Å². The number of ether oxygens (including phenoxy) is 2. The van der Waals surface area contributed by atoms with Gasteiger partial charge in [0.2, 0.25) is 0 Å². The summed E-state index contributed by atoms with van der Waals surface area (Å²) in [5, 5.41) is 10.8. The third-order valence-electron chi connectivity index (χ3n) is 4.05. The van der Waals surface area contributed by atoms with Gasteiger partial charge in [-0.1, -0.05) is 11.6 Å². The number of phenols is 1. The summed E-state index contributed by atoms with van der Waals surface area (Å²) in [6.07, 6.45) is 0. The summed E-state index contributed by atoms with van der Waals surface area (Å²) in [7, 11) is -1.47. The van der Waals surface area contributed by atoms with Crippen LogP contribution in [0.1, 0.15) is 5.56 Å². The van der Waals surface area contributed by atoms with Gasteiger partial charge in [-0.15, -0.1) is 11.3 Å². The maximum atomic E-state index is 14.4. The molecule has 0 radical (unpaired) electrons. The van der Waals surface area contributed by atoms with E-state index in [1.807, 2.05) is 0 Å². The van der Waals surface area contributed by atoms with Gasteiger partial charge >= 0.3 is 0 Å². The molecule has 3 aromatic rings. The molecule has 29 heavy (non-hydrogen) atoms. The number of nitrogens with zero attached hydrogens (tertiary/aromatic N) is 2. The number of phenolic OH excluding ortho intramolecular Hbond substituents is 1. The monoisotopic (exact) mass is 458 g/mol. The number of sulfonamides is 1. The fourth-order valence-corrected chi connectivity index (χ4v) is 4.89. The van der Waals surface area contributed by atoms with Crippen LogP contribution in [0.4, 0.5) is 10.2 Å². The molecule has 0 bridgehead atoms. The van der Waals surface area contributed by atoms with E-state index in [0.717, 1.165) is 10.4 Å². The van der Waals surface area contributed by atoms with Crippen LogP contribution in [-0.2, 0) is 16.6 Å². The van der Waals surface area contributed by atoms with Crippen LogP contribution in [0.5, 0.6) is 17.2 Å². The van der Waals surface area contributed by atoms with E-state index >= 15 is 0 Å². The second-order valence-electron chi connectivity index (χ2n) is 5.77. The van der Waals surface area contributed by atoms with Crippen molar-refractivity contribution in [2.45, 2.75) is 11.4 Å². The zero-order valence-corrected chi connectivity index (χ0v) is 17.7. The van der Waals surface area contributed by atoms with Gasteiger partial charge in [0.05, 0.1) is 31.3 Å². The highest BCUT2D eigenvalue weighted by atomic mass is 35.5. The third kappa shape index (κ3) is 4.24. The van der Waals surface area contributed by atoms with Crippen LogP contribution >= 0.6 is 22.9 Å². The van der Waals surface area contributed by atoms with Crippen molar-refractivity contribution in [2.24, 2.45) is 0 Å². The van der Waals surface area contributed by atoms with Crippen molar-refractivity contribution in [2.75, 3.05) is 18.5 Å². The summed E-state index contributed by atoms with van der Waals surface area (Å²) in [6, 6.07) is 6.43. The third-order valence-corrected chi connectivity index (χ3v) is 6.69. The predicted molar refractivity (Wildman–Crippen MR) is 108 cm³/mol. The first-order valence-corrected chi connectivity index (χ1v) is 10.8. The van der Waals surface area contributed by atoms with E-state index in [-0.39, 0.29) is 17.4 Å². The van der Waals surface area contributed by atoms with Crippen LogP contribution in [0.15, 0.2) is 46.1 Å². The van der Waals surface area contributed by atoms with Gasteiger partial charge in [-0.3, -0.25) is 0 Å². The summed E-state index contributed by atoms with van der Waals surface area (Å²) in [6.45, 7) is -0.183. The second-order valence-corrected chi connectivity index (χ2v) is 8.73. The van der Waals surface area contributed by atoms with Crippen LogP contribution in [0, 0.1) is 5.82 Å². The molecule has 3 rings (SSSR count). The summed E-state index contributed by atoms with van der Waals surface area (Å²) in [4.78, 5) is 3.38. The highest BCUT2D eigenvalue weighted by Gasteiger charge is 2.31. The molecule has 7 nitrogen and oxygen atoms in total. The normalized spacial score (nSPS) is 11.3. The van der Waals surface area contributed by atoms with Crippen molar-refractivity contribution in [3.63, 3.8) is 0 Å². The molecule has 0 aliphatic rings. The molecular weight excluding hydrogens is 443 g/mol. The van der Waals surface area contributed by atoms with E-state index in [2.05, 4.69) is 4.98 Å². The summed E-state index contributed by atoms with van der Waals surface area (Å²) < 4.78 is 52.4. The summed E-state index contributed by atoms with van der Waals surface area (Å²) in [5.74, 6) is -0.653. The van der Waals surface area contributed by atoms with Gasteiger partial charge in [-0.25, -0.2) is 22.1 Å². The zero-order chi connectivity index (χ0) is 21.2. The first kappa shape index (κ1) is 21.2. The van der Waals surface area contributed by atoms with Gasteiger partial charge in [0.15, 0.2) is 5.82 Å². The standard InChI is InChI=1S/C18H16ClFN2O5S2/c1-26-12-4-3-11(16(5-12)27-2)8-22(18-9-28-10-21-18)29(24,25)17-6-13(19)15(23)7-14(17)20/h3-7,9-10,23H,8H2,1-2H3. The maximum Gasteiger partial charge on any atom is 0.268 e. The van der Waals surface area contributed by atoms with E-state index in [1.54, 1.807) is 18.2 Å². The molecule has 0 atom stereocenters. The maximum absolute atomic E-state index is 14.4. The summed E-state index contributed by atoms with van der Waals surface area (Å²) in [5.41, 5.74) is 1.97. The van der Waals surface area contributed by atoms with Gasteiger partial charge in [-0.05, 0) is 18.2 Å². The Balaban J connectivity index is 2.11. The van der Waals surface area contributed by atoms with Crippen molar-refractivity contribution < 1.29 is 27.4 Å². The molecule has 0 saturated heterocycles. The Morgan fingerprint density at radius 3 is 2.62 bits per heavy atom. The van der Waals surface area contributed by atoms with Crippen molar-refractivity contribution in [1.29, 1.82) is 0 Å². The number of aromatic hydroxyl groups is 1. The number of methoxy groups -OCH3 is 2. The molecular formula is C18H16ClFN2O5S2. The lowest BCUT2D eigenvalue weighted by Gasteiger charge is -2.24. The molecule has 0 fully saturated rings. The number of rotatable bonds is 7. The molecule has 0 aliphatic carbocycles. The van der Waals surface area contributed by atoms with E-state index in [9.17, 15) is 17.9 Å². The Morgan fingerprint density at radius 2 is 2.00 bits per heavy atom. The Kier molecular flexibility index (Phi) is 6.15. The minimum absolute atomic E-state index is 0.108. The fraction of sp³-hybridized carbons (Fsp3) is 0.167. The number of benzene rings is 2. The molecule has 11 heteroatoms. The highest BCUT2D eigenvalue weighted by molar-refractivity contribution is 7.92. The lowest BCUT2D eigenvalue weighted by molar-refractivity contribution is 0.391. The highest BCUT2D eigenvalue weighted by Crippen LogP contribution is 2.34. The van der Waals surface area contributed by atoms with E-state index in [1.165, 1.54) is 36.4 Å². The zero-order valence-electron chi connectivity index (χ0n) is 15.3. The molecule has 1 heterocycles. The van der Waals surface area contributed by atoms with E-state index < -0.39 is 26.5 Å². The topological polar surface area (TPSA) is 89.0 Å². The molecule has 0 aliphatic heterocycles. The van der Waals surface area contributed by atoms with Crippen LogP contribution in [0.2, 0.25) is 5.02 Å². The molecule has 2 aromatic carbocycles. The van der Waals surface area contributed by atoms with Crippen LogP contribution in [0.3, 0.4) is 0 Å².